The highest BCUT2D eigenvalue weighted by Gasteiger charge is 2.77. The van der Waals surface area contributed by atoms with Gasteiger partial charge in [0, 0.05) is 0 Å². The lowest BCUT2D eigenvalue weighted by Crippen LogP contribution is -2.14. The van der Waals surface area contributed by atoms with Crippen molar-refractivity contribution in [3.05, 3.63) is 24.3 Å². The van der Waals surface area contributed by atoms with Gasteiger partial charge in [-0.2, -0.15) is 0 Å². The van der Waals surface area contributed by atoms with Crippen molar-refractivity contribution in [3.8, 4) is 5.75 Å². The highest BCUT2D eigenvalue weighted by Crippen LogP contribution is 2.73. The zero-order valence-corrected chi connectivity index (χ0v) is 9.25. The molecule has 2 saturated carbocycles. The van der Waals surface area contributed by atoms with Crippen LogP contribution in [0.3, 0.4) is 0 Å². The predicted octanol–water partition coefficient (Wildman–Crippen LogP) is 1.63. The maximum absolute atomic E-state index is 12.1. The van der Waals surface area contributed by atoms with Crippen molar-refractivity contribution in [1.82, 2.24) is 0 Å². The molecule has 0 saturated heterocycles. The molecule has 0 heterocycles. The molecule has 3 rings (SSSR count). The average molecular weight is 224 g/mol. The molecule has 0 aromatic heterocycles. The Bertz CT molecular complexity index is 495. The van der Waals surface area contributed by atoms with E-state index in [9.17, 15) is 8.42 Å². The Morgan fingerprint density at radius 1 is 1.27 bits per heavy atom. The molecule has 2 fully saturated rings. The number of ether oxygens (including phenoxy) is 1. The molecule has 3 nitrogen and oxygen atoms in total. The van der Waals surface area contributed by atoms with Gasteiger partial charge in [-0.1, -0.05) is 0 Å². The first kappa shape index (κ1) is 9.21. The summed E-state index contributed by atoms with van der Waals surface area (Å²) in [6.45, 7) is 0. The molecule has 0 unspecified atom stereocenters. The molecule has 0 atom stereocenters. The molecule has 0 aliphatic heterocycles. The number of rotatable bonds is 3. The van der Waals surface area contributed by atoms with E-state index in [0.29, 0.717) is 16.6 Å². The largest absolute Gasteiger partial charge is 0.497 e. The molecular weight excluding hydrogens is 212 g/mol. The van der Waals surface area contributed by atoms with Crippen LogP contribution in [0, 0.1) is 5.92 Å². The molecule has 1 aromatic rings. The van der Waals surface area contributed by atoms with Crippen LogP contribution in [0.25, 0.3) is 0 Å². The van der Waals surface area contributed by atoms with Gasteiger partial charge in [0.2, 0.25) is 0 Å². The molecule has 2 aliphatic rings. The van der Waals surface area contributed by atoms with E-state index >= 15 is 0 Å². The lowest BCUT2D eigenvalue weighted by Gasteiger charge is -2.07. The summed E-state index contributed by atoms with van der Waals surface area (Å²) in [6.07, 6.45) is 1.72. The van der Waals surface area contributed by atoms with Crippen molar-refractivity contribution in [1.29, 1.82) is 0 Å². The SMILES string of the molecule is COc1ccc(S(=O)(=O)C23CC2C3)cc1. The average Bonchev–Trinajstić information content (AvgIpc) is 3.05. The van der Waals surface area contributed by atoms with E-state index in [2.05, 4.69) is 0 Å². The van der Waals surface area contributed by atoms with Gasteiger partial charge in [0.1, 0.15) is 5.75 Å². The fourth-order valence-electron chi connectivity index (χ4n) is 2.08. The fourth-order valence-corrected chi connectivity index (χ4v) is 4.33. The highest BCUT2D eigenvalue weighted by molar-refractivity contribution is 7.93. The van der Waals surface area contributed by atoms with Crippen molar-refractivity contribution in [2.24, 2.45) is 5.92 Å². The normalized spacial score (nSPS) is 31.9. The van der Waals surface area contributed by atoms with E-state index in [1.54, 1.807) is 31.4 Å². The molecule has 0 N–H and O–H groups in total. The smallest absolute Gasteiger partial charge is 0.184 e. The van der Waals surface area contributed by atoms with Gasteiger partial charge in [-0.05, 0) is 43.0 Å². The summed E-state index contributed by atoms with van der Waals surface area (Å²) in [4.78, 5) is 0.434. The summed E-state index contributed by atoms with van der Waals surface area (Å²) in [5.74, 6) is 1.14. The third-order valence-electron chi connectivity index (χ3n) is 3.51. The third kappa shape index (κ3) is 1.08. The van der Waals surface area contributed by atoms with Gasteiger partial charge >= 0.3 is 0 Å². The number of benzene rings is 1. The first-order valence-electron chi connectivity index (χ1n) is 4.99. The van der Waals surface area contributed by atoms with Crippen LogP contribution in [0.15, 0.2) is 29.2 Å². The van der Waals surface area contributed by atoms with E-state index in [0.717, 1.165) is 12.8 Å². The first-order valence-corrected chi connectivity index (χ1v) is 6.47. The summed E-state index contributed by atoms with van der Waals surface area (Å²) >= 11 is 0. The van der Waals surface area contributed by atoms with Crippen molar-refractivity contribution in [2.75, 3.05) is 7.11 Å². The Balaban J connectivity index is 1.99. The zero-order valence-electron chi connectivity index (χ0n) is 8.43. The minimum Gasteiger partial charge on any atom is -0.497 e. The van der Waals surface area contributed by atoms with Gasteiger partial charge in [-0.3, -0.25) is 0 Å². The molecule has 0 spiro atoms. The molecule has 15 heavy (non-hydrogen) atoms. The molecule has 1 aromatic carbocycles. The predicted molar refractivity (Wildman–Crippen MR) is 55.6 cm³/mol. The van der Waals surface area contributed by atoms with E-state index in [-0.39, 0.29) is 4.75 Å². The molecule has 80 valence electrons. The van der Waals surface area contributed by atoms with Crippen molar-refractivity contribution in [2.45, 2.75) is 22.5 Å². The Morgan fingerprint density at radius 2 is 1.80 bits per heavy atom. The van der Waals surface area contributed by atoms with Crippen LogP contribution >= 0.6 is 0 Å². The Labute approximate surface area is 89.0 Å². The number of sulfone groups is 1. The maximum Gasteiger partial charge on any atom is 0.184 e. The molecule has 0 radical (unpaired) electrons. The van der Waals surface area contributed by atoms with Crippen LogP contribution in [-0.2, 0) is 9.84 Å². The van der Waals surface area contributed by atoms with Gasteiger partial charge in [-0.25, -0.2) is 8.42 Å². The summed E-state index contributed by atoms with van der Waals surface area (Å²) in [6, 6.07) is 6.67. The maximum atomic E-state index is 12.1. The highest BCUT2D eigenvalue weighted by atomic mass is 32.2. The fraction of sp³-hybridized carbons (Fsp3) is 0.455. The minimum absolute atomic E-state index is 0.360. The van der Waals surface area contributed by atoms with Crippen LogP contribution in [0.4, 0.5) is 0 Å². The lowest BCUT2D eigenvalue weighted by molar-refractivity contribution is 0.414. The summed E-state index contributed by atoms with van der Waals surface area (Å²) in [5.41, 5.74) is 0. The quantitative estimate of drug-likeness (QED) is 0.783. The standard InChI is InChI=1S/C11H12O3S/c1-14-9-2-4-10(5-3-9)15(12,13)11-6-8(11)7-11/h2-5,8H,6-7H2,1H3. The van der Waals surface area contributed by atoms with Crippen LogP contribution in [0.5, 0.6) is 5.75 Å². The Kier molecular flexibility index (Phi) is 1.57. The molecule has 0 bridgehead atoms. The van der Waals surface area contributed by atoms with E-state index in [1.807, 2.05) is 0 Å². The zero-order chi connectivity index (χ0) is 10.7. The lowest BCUT2D eigenvalue weighted by atomic mass is 10.3. The van der Waals surface area contributed by atoms with E-state index in [4.69, 9.17) is 4.74 Å². The van der Waals surface area contributed by atoms with Crippen LogP contribution in [0.2, 0.25) is 0 Å². The number of fused-ring (bicyclic) bond motifs is 1. The Morgan fingerprint density at radius 3 is 2.20 bits per heavy atom. The second-order valence-corrected chi connectivity index (χ2v) is 6.64. The van der Waals surface area contributed by atoms with Gasteiger partial charge < -0.3 is 4.74 Å². The molecule has 4 heteroatoms. The third-order valence-corrected chi connectivity index (χ3v) is 6.14. The van der Waals surface area contributed by atoms with Crippen molar-refractivity contribution in [3.63, 3.8) is 0 Å². The van der Waals surface area contributed by atoms with Crippen molar-refractivity contribution < 1.29 is 13.2 Å². The second-order valence-electron chi connectivity index (χ2n) is 4.35. The van der Waals surface area contributed by atoms with Crippen LogP contribution in [0.1, 0.15) is 12.8 Å². The molecular formula is C11H12O3S. The summed E-state index contributed by atoms with van der Waals surface area (Å²) in [5, 5.41) is 0. The van der Waals surface area contributed by atoms with Gasteiger partial charge in [0.25, 0.3) is 0 Å². The monoisotopic (exact) mass is 224 g/mol. The van der Waals surface area contributed by atoms with Gasteiger partial charge in [0.15, 0.2) is 9.84 Å². The van der Waals surface area contributed by atoms with Crippen molar-refractivity contribution >= 4 is 9.84 Å². The number of hydrogen-bond donors (Lipinski definition) is 0. The summed E-state index contributed by atoms with van der Waals surface area (Å²) < 4.78 is 28.9. The topological polar surface area (TPSA) is 43.4 Å². The molecule has 0 amide bonds. The Hall–Kier alpha value is -1.03. The van der Waals surface area contributed by atoms with Crippen LogP contribution in [-0.4, -0.2) is 20.3 Å². The number of hydrogen-bond acceptors (Lipinski definition) is 3. The van der Waals surface area contributed by atoms with E-state index < -0.39 is 9.84 Å². The van der Waals surface area contributed by atoms with Gasteiger partial charge in [0.05, 0.1) is 16.8 Å². The molecule has 2 aliphatic carbocycles. The van der Waals surface area contributed by atoms with Crippen LogP contribution < -0.4 is 4.74 Å². The van der Waals surface area contributed by atoms with Gasteiger partial charge in [-0.15, -0.1) is 0 Å². The number of methoxy groups -OCH3 is 1. The van der Waals surface area contributed by atoms with E-state index in [1.165, 1.54) is 0 Å². The first-order chi connectivity index (χ1) is 7.10. The summed E-state index contributed by atoms with van der Waals surface area (Å²) in [7, 11) is -1.50. The minimum atomic E-state index is -3.07. The second kappa shape index (κ2) is 2.55.